The molecule has 3 nitrogen and oxygen atoms in total. The maximum absolute atomic E-state index is 13.2. The molecule has 2 rings (SSSR count). The summed E-state index contributed by atoms with van der Waals surface area (Å²) in [4.78, 5) is 4.74. The van der Waals surface area contributed by atoms with Gasteiger partial charge in [-0.05, 0) is 56.7 Å². The molecule has 0 bridgehead atoms. The summed E-state index contributed by atoms with van der Waals surface area (Å²) in [6.07, 6.45) is 2.48. The van der Waals surface area contributed by atoms with Gasteiger partial charge in [-0.25, -0.2) is 4.39 Å². The van der Waals surface area contributed by atoms with Crippen molar-refractivity contribution in [2.24, 2.45) is 5.73 Å². The summed E-state index contributed by atoms with van der Waals surface area (Å²) in [5.41, 5.74) is 7.79. The van der Waals surface area contributed by atoms with Gasteiger partial charge in [0.1, 0.15) is 5.82 Å². The standard InChI is InChI=1S/C15H24FN3/c1-18(2)15-4-3-7-19(11-15)10-12-5-6-14(16)8-13(12)9-17/h5-6,8,15H,3-4,7,9-11,17H2,1-2H3. The molecule has 0 amide bonds. The van der Waals surface area contributed by atoms with E-state index in [2.05, 4.69) is 23.9 Å². The highest BCUT2D eigenvalue weighted by Crippen LogP contribution is 2.19. The first-order chi connectivity index (χ1) is 9.10. The molecule has 0 radical (unpaired) electrons. The summed E-state index contributed by atoms with van der Waals surface area (Å²) >= 11 is 0. The van der Waals surface area contributed by atoms with Crippen molar-refractivity contribution in [2.45, 2.75) is 32.0 Å². The number of likely N-dealkylation sites (tertiary alicyclic amines) is 1. The van der Waals surface area contributed by atoms with E-state index in [0.717, 1.165) is 30.8 Å². The van der Waals surface area contributed by atoms with Crippen molar-refractivity contribution >= 4 is 0 Å². The third kappa shape index (κ3) is 3.75. The van der Waals surface area contributed by atoms with Gasteiger partial charge >= 0.3 is 0 Å². The van der Waals surface area contributed by atoms with Crippen LogP contribution >= 0.6 is 0 Å². The van der Waals surface area contributed by atoms with Crippen molar-refractivity contribution < 1.29 is 4.39 Å². The van der Waals surface area contributed by atoms with Gasteiger partial charge in [-0.2, -0.15) is 0 Å². The Balaban J connectivity index is 2.04. The Labute approximate surface area is 115 Å². The fourth-order valence-electron chi connectivity index (χ4n) is 2.78. The van der Waals surface area contributed by atoms with Crippen LogP contribution in [0, 0.1) is 5.82 Å². The van der Waals surface area contributed by atoms with Gasteiger partial charge in [0, 0.05) is 25.7 Å². The van der Waals surface area contributed by atoms with E-state index >= 15 is 0 Å². The summed E-state index contributed by atoms with van der Waals surface area (Å²) < 4.78 is 13.2. The summed E-state index contributed by atoms with van der Waals surface area (Å²) in [6, 6.07) is 5.58. The molecule has 1 aromatic rings. The number of halogens is 1. The van der Waals surface area contributed by atoms with Crippen LogP contribution in [0.15, 0.2) is 18.2 Å². The molecule has 1 atom stereocenters. The molecule has 0 saturated carbocycles. The molecule has 106 valence electrons. The molecule has 1 aliphatic rings. The maximum atomic E-state index is 13.2. The van der Waals surface area contributed by atoms with Gasteiger partial charge in [-0.3, -0.25) is 4.90 Å². The molecule has 19 heavy (non-hydrogen) atoms. The lowest BCUT2D eigenvalue weighted by Crippen LogP contribution is -2.44. The molecule has 1 unspecified atom stereocenters. The average molecular weight is 265 g/mol. The second kappa shape index (κ2) is 6.46. The highest BCUT2D eigenvalue weighted by Gasteiger charge is 2.21. The molecule has 0 aliphatic carbocycles. The van der Waals surface area contributed by atoms with Crippen LogP contribution in [0.3, 0.4) is 0 Å². The molecule has 2 N–H and O–H groups in total. The van der Waals surface area contributed by atoms with E-state index in [-0.39, 0.29) is 5.82 Å². The Morgan fingerprint density at radius 3 is 2.84 bits per heavy atom. The maximum Gasteiger partial charge on any atom is 0.123 e. The van der Waals surface area contributed by atoms with Crippen LogP contribution in [0.5, 0.6) is 0 Å². The molecule has 1 fully saturated rings. The minimum Gasteiger partial charge on any atom is -0.326 e. The van der Waals surface area contributed by atoms with E-state index in [1.54, 1.807) is 6.07 Å². The first-order valence-electron chi connectivity index (χ1n) is 6.96. The van der Waals surface area contributed by atoms with Crippen molar-refractivity contribution in [2.75, 3.05) is 27.2 Å². The van der Waals surface area contributed by atoms with Crippen LogP contribution in [0.1, 0.15) is 24.0 Å². The largest absolute Gasteiger partial charge is 0.326 e. The number of rotatable bonds is 4. The molecular weight excluding hydrogens is 241 g/mol. The number of piperidine rings is 1. The van der Waals surface area contributed by atoms with Gasteiger partial charge in [0.25, 0.3) is 0 Å². The molecule has 1 aromatic carbocycles. The van der Waals surface area contributed by atoms with Crippen LogP contribution in [-0.2, 0) is 13.1 Å². The number of benzene rings is 1. The van der Waals surface area contributed by atoms with Gasteiger partial charge in [-0.1, -0.05) is 6.07 Å². The minimum atomic E-state index is -0.200. The Hall–Kier alpha value is -0.970. The number of hydrogen-bond acceptors (Lipinski definition) is 3. The highest BCUT2D eigenvalue weighted by atomic mass is 19.1. The Morgan fingerprint density at radius 1 is 1.37 bits per heavy atom. The van der Waals surface area contributed by atoms with Crippen LogP contribution in [0.25, 0.3) is 0 Å². The smallest absolute Gasteiger partial charge is 0.123 e. The zero-order chi connectivity index (χ0) is 13.8. The number of nitrogens with zero attached hydrogens (tertiary/aromatic N) is 2. The van der Waals surface area contributed by atoms with Crippen molar-refractivity contribution in [3.05, 3.63) is 35.1 Å². The third-order valence-electron chi connectivity index (χ3n) is 3.99. The van der Waals surface area contributed by atoms with Crippen LogP contribution in [0.2, 0.25) is 0 Å². The van der Waals surface area contributed by atoms with E-state index in [0.29, 0.717) is 12.6 Å². The van der Waals surface area contributed by atoms with Crippen molar-refractivity contribution in [1.82, 2.24) is 9.80 Å². The second-order valence-electron chi connectivity index (χ2n) is 5.61. The topological polar surface area (TPSA) is 32.5 Å². The zero-order valence-corrected chi connectivity index (χ0v) is 11.9. The fraction of sp³-hybridized carbons (Fsp3) is 0.600. The molecule has 4 heteroatoms. The predicted molar refractivity (Wildman–Crippen MR) is 76.3 cm³/mol. The Morgan fingerprint density at radius 2 is 2.16 bits per heavy atom. The predicted octanol–water partition coefficient (Wildman–Crippen LogP) is 1.81. The molecule has 1 heterocycles. The van der Waals surface area contributed by atoms with Crippen molar-refractivity contribution in [3.63, 3.8) is 0 Å². The van der Waals surface area contributed by atoms with Gasteiger partial charge in [-0.15, -0.1) is 0 Å². The van der Waals surface area contributed by atoms with E-state index in [1.165, 1.54) is 18.9 Å². The lowest BCUT2D eigenvalue weighted by atomic mass is 10.0. The number of nitrogens with two attached hydrogens (primary N) is 1. The first kappa shape index (κ1) is 14.4. The normalized spacial score (nSPS) is 21.0. The summed E-state index contributed by atoms with van der Waals surface area (Å²) in [5, 5.41) is 0. The zero-order valence-electron chi connectivity index (χ0n) is 11.9. The molecule has 1 saturated heterocycles. The van der Waals surface area contributed by atoms with Crippen LogP contribution in [0.4, 0.5) is 4.39 Å². The average Bonchev–Trinajstić information content (AvgIpc) is 2.41. The van der Waals surface area contributed by atoms with Crippen LogP contribution < -0.4 is 5.73 Å². The first-order valence-corrected chi connectivity index (χ1v) is 6.96. The van der Waals surface area contributed by atoms with Gasteiger partial charge in [0.2, 0.25) is 0 Å². The highest BCUT2D eigenvalue weighted by molar-refractivity contribution is 5.27. The fourth-order valence-corrected chi connectivity index (χ4v) is 2.78. The minimum absolute atomic E-state index is 0.200. The van der Waals surface area contributed by atoms with Crippen molar-refractivity contribution in [1.29, 1.82) is 0 Å². The third-order valence-corrected chi connectivity index (χ3v) is 3.99. The number of hydrogen-bond donors (Lipinski definition) is 1. The molecule has 0 aromatic heterocycles. The Bertz CT molecular complexity index is 420. The van der Waals surface area contributed by atoms with Gasteiger partial charge < -0.3 is 10.6 Å². The van der Waals surface area contributed by atoms with Crippen LogP contribution in [-0.4, -0.2) is 43.0 Å². The summed E-state index contributed by atoms with van der Waals surface area (Å²) in [7, 11) is 4.27. The second-order valence-corrected chi connectivity index (χ2v) is 5.61. The summed E-state index contributed by atoms with van der Waals surface area (Å²) in [5.74, 6) is -0.200. The Kier molecular flexibility index (Phi) is 4.91. The lowest BCUT2D eigenvalue weighted by molar-refractivity contribution is 0.127. The molecule has 0 spiro atoms. The quantitative estimate of drug-likeness (QED) is 0.901. The summed E-state index contributed by atoms with van der Waals surface area (Å²) in [6.45, 7) is 3.47. The van der Waals surface area contributed by atoms with Gasteiger partial charge in [0.15, 0.2) is 0 Å². The molecular formula is C15H24FN3. The van der Waals surface area contributed by atoms with E-state index in [4.69, 9.17) is 5.73 Å². The monoisotopic (exact) mass is 265 g/mol. The van der Waals surface area contributed by atoms with E-state index < -0.39 is 0 Å². The van der Waals surface area contributed by atoms with Gasteiger partial charge in [0.05, 0.1) is 0 Å². The van der Waals surface area contributed by atoms with Crippen molar-refractivity contribution in [3.8, 4) is 0 Å². The SMILES string of the molecule is CN(C)C1CCCN(Cc2ccc(F)cc2CN)C1. The van der Waals surface area contributed by atoms with E-state index in [1.807, 2.05) is 6.07 Å². The van der Waals surface area contributed by atoms with E-state index in [9.17, 15) is 4.39 Å². The molecule has 1 aliphatic heterocycles. The number of likely N-dealkylation sites (N-methyl/N-ethyl adjacent to an activating group) is 1. The lowest BCUT2D eigenvalue weighted by Gasteiger charge is -2.36.